The van der Waals surface area contributed by atoms with Gasteiger partial charge in [0.05, 0.1) is 23.1 Å². The van der Waals surface area contributed by atoms with E-state index in [1.807, 2.05) is 0 Å². The first-order valence-corrected chi connectivity index (χ1v) is 4.27. The van der Waals surface area contributed by atoms with Gasteiger partial charge < -0.3 is 0 Å². The van der Waals surface area contributed by atoms with E-state index in [1.165, 1.54) is 6.92 Å². The van der Waals surface area contributed by atoms with Gasteiger partial charge in [0.2, 0.25) is 0 Å². The Hall–Kier alpha value is -2.10. The Morgan fingerprint density at radius 2 is 2.31 bits per heavy atom. The summed E-state index contributed by atoms with van der Waals surface area (Å²) in [6.45, 7) is 1.31. The van der Waals surface area contributed by atoms with Crippen molar-refractivity contribution in [1.29, 1.82) is 5.26 Å². The third kappa shape index (κ3) is 2.11. The molecule has 0 atom stereocenters. The molecule has 16 heavy (non-hydrogen) atoms. The minimum atomic E-state index is -2.96. The van der Waals surface area contributed by atoms with Crippen molar-refractivity contribution in [2.24, 2.45) is 0 Å². The van der Waals surface area contributed by atoms with Crippen LogP contribution in [0.3, 0.4) is 0 Å². The highest BCUT2D eigenvalue weighted by Gasteiger charge is 2.26. The molecule has 1 aromatic rings. The molecule has 0 spiro atoms. The van der Waals surface area contributed by atoms with Crippen molar-refractivity contribution in [3.63, 3.8) is 0 Å². The van der Waals surface area contributed by atoms with Gasteiger partial charge in [-0.25, -0.2) is 8.78 Å². The summed E-state index contributed by atoms with van der Waals surface area (Å²) in [5.41, 5.74) is -1.21. The van der Waals surface area contributed by atoms with Crippen molar-refractivity contribution in [3.05, 3.63) is 33.1 Å². The summed E-state index contributed by atoms with van der Waals surface area (Å²) in [5.74, 6) is 0. The van der Waals surface area contributed by atoms with Crippen LogP contribution in [0, 0.1) is 28.4 Å². The number of pyridine rings is 1. The van der Waals surface area contributed by atoms with Crippen LogP contribution in [0.15, 0.2) is 6.20 Å². The maximum Gasteiger partial charge on any atom is 0.284 e. The van der Waals surface area contributed by atoms with Crippen LogP contribution in [0.1, 0.15) is 23.2 Å². The summed E-state index contributed by atoms with van der Waals surface area (Å²) in [6, 6.07) is 1.77. The van der Waals surface area contributed by atoms with Crippen molar-refractivity contribution >= 4 is 5.69 Å². The van der Waals surface area contributed by atoms with E-state index in [9.17, 15) is 18.9 Å². The number of alkyl halides is 2. The number of aromatic nitrogens is 1. The van der Waals surface area contributed by atoms with Gasteiger partial charge in [0.15, 0.2) is 0 Å². The number of nitro groups is 1. The highest BCUT2D eigenvalue weighted by atomic mass is 19.3. The molecule has 0 amide bonds. The molecule has 1 aromatic heterocycles. The molecule has 84 valence electrons. The Morgan fingerprint density at radius 3 is 2.75 bits per heavy atom. The van der Waals surface area contributed by atoms with Crippen molar-refractivity contribution in [1.82, 2.24) is 4.98 Å². The van der Waals surface area contributed by atoms with Crippen LogP contribution >= 0.6 is 0 Å². The van der Waals surface area contributed by atoms with E-state index in [0.29, 0.717) is 0 Å². The monoisotopic (exact) mass is 227 g/mol. The standard InChI is InChI=1S/C9H7F2N3O2/c1-5-7(2-3-12)13-4-6(9(10)11)8(5)14(15)16/h4,9H,2H2,1H3. The van der Waals surface area contributed by atoms with Crippen molar-refractivity contribution in [2.45, 2.75) is 19.8 Å². The summed E-state index contributed by atoms with van der Waals surface area (Å²) in [6.07, 6.45) is -2.35. The molecule has 0 aromatic carbocycles. The van der Waals surface area contributed by atoms with Gasteiger partial charge in [-0.1, -0.05) is 0 Å². The molecule has 0 aliphatic carbocycles. The summed E-state index contributed by atoms with van der Waals surface area (Å²) >= 11 is 0. The average molecular weight is 227 g/mol. The predicted octanol–water partition coefficient (Wildman–Crippen LogP) is 2.30. The molecule has 0 aliphatic rings. The first-order chi connectivity index (χ1) is 7.49. The van der Waals surface area contributed by atoms with E-state index < -0.39 is 22.6 Å². The predicted molar refractivity (Wildman–Crippen MR) is 49.9 cm³/mol. The van der Waals surface area contributed by atoms with Crippen LogP contribution in [-0.4, -0.2) is 9.91 Å². The molecule has 0 aliphatic heterocycles. The molecule has 1 rings (SSSR count). The molecular formula is C9H7F2N3O2. The number of hydrogen-bond donors (Lipinski definition) is 0. The SMILES string of the molecule is Cc1c(CC#N)ncc(C(F)F)c1[N+](=O)[O-]. The minimum absolute atomic E-state index is 0.0179. The molecule has 0 saturated heterocycles. The molecule has 0 saturated carbocycles. The first-order valence-electron chi connectivity index (χ1n) is 4.27. The molecular weight excluding hydrogens is 220 g/mol. The largest absolute Gasteiger partial charge is 0.284 e. The first kappa shape index (κ1) is 12.0. The molecule has 7 heteroatoms. The Labute approximate surface area is 89.5 Å². The molecule has 0 N–H and O–H groups in total. The van der Waals surface area contributed by atoms with Gasteiger partial charge >= 0.3 is 0 Å². The van der Waals surface area contributed by atoms with Gasteiger partial charge in [0.1, 0.15) is 5.56 Å². The second kappa shape index (κ2) is 4.61. The Bertz CT molecular complexity index is 469. The zero-order valence-corrected chi connectivity index (χ0v) is 8.28. The number of nitrogens with zero attached hydrogens (tertiary/aromatic N) is 3. The molecule has 0 unspecified atom stereocenters. The van der Waals surface area contributed by atoms with Crippen LogP contribution in [-0.2, 0) is 6.42 Å². The molecule has 5 nitrogen and oxygen atoms in total. The maximum absolute atomic E-state index is 12.5. The third-order valence-electron chi connectivity index (χ3n) is 2.09. The van der Waals surface area contributed by atoms with Crippen LogP contribution in [0.2, 0.25) is 0 Å². The highest BCUT2D eigenvalue weighted by molar-refractivity contribution is 5.49. The fourth-order valence-electron chi connectivity index (χ4n) is 1.31. The van der Waals surface area contributed by atoms with Crippen LogP contribution in [0.25, 0.3) is 0 Å². The maximum atomic E-state index is 12.5. The molecule has 1 heterocycles. The van der Waals surface area contributed by atoms with Crippen LogP contribution in [0.4, 0.5) is 14.5 Å². The number of halogens is 2. The van der Waals surface area contributed by atoms with E-state index in [-0.39, 0.29) is 17.7 Å². The normalized spacial score (nSPS) is 10.2. The lowest BCUT2D eigenvalue weighted by molar-refractivity contribution is -0.387. The third-order valence-corrected chi connectivity index (χ3v) is 2.09. The van der Waals surface area contributed by atoms with Crippen molar-refractivity contribution in [3.8, 4) is 6.07 Å². The zero-order chi connectivity index (χ0) is 12.3. The highest BCUT2D eigenvalue weighted by Crippen LogP contribution is 2.32. The van der Waals surface area contributed by atoms with Gasteiger partial charge in [-0.15, -0.1) is 0 Å². The van der Waals surface area contributed by atoms with Gasteiger partial charge in [-0.3, -0.25) is 15.1 Å². The Kier molecular flexibility index (Phi) is 3.45. The lowest BCUT2D eigenvalue weighted by Crippen LogP contribution is -2.04. The van der Waals surface area contributed by atoms with E-state index >= 15 is 0 Å². The molecule has 0 fully saturated rings. The van der Waals surface area contributed by atoms with Gasteiger partial charge in [0, 0.05) is 11.8 Å². The molecule has 0 radical (unpaired) electrons. The Morgan fingerprint density at radius 1 is 1.69 bits per heavy atom. The van der Waals surface area contributed by atoms with Gasteiger partial charge in [-0.2, -0.15) is 5.26 Å². The molecule has 0 bridgehead atoms. The zero-order valence-electron chi connectivity index (χ0n) is 8.28. The second-order valence-electron chi connectivity index (χ2n) is 3.03. The lowest BCUT2D eigenvalue weighted by Gasteiger charge is -2.06. The van der Waals surface area contributed by atoms with E-state index in [4.69, 9.17) is 5.26 Å². The summed E-state index contributed by atoms with van der Waals surface area (Å²) in [4.78, 5) is 13.4. The number of nitriles is 1. The topological polar surface area (TPSA) is 79.8 Å². The van der Waals surface area contributed by atoms with E-state index in [2.05, 4.69) is 4.98 Å². The Balaban J connectivity index is 3.43. The smallest absolute Gasteiger partial charge is 0.259 e. The van der Waals surface area contributed by atoms with Crippen molar-refractivity contribution in [2.75, 3.05) is 0 Å². The van der Waals surface area contributed by atoms with Crippen LogP contribution in [0.5, 0.6) is 0 Å². The number of rotatable bonds is 3. The van der Waals surface area contributed by atoms with E-state index in [0.717, 1.165) is 6.20 Å². The fourth-order valence-corrected chi connectivity index (χ4v) is 1.31. The average Bonchev–Trinajstić information content (AvgIpc) is 2.20. The van der Waals surface area contributed by atoms with Gasteiger partial charge in [-0.05, 0) is 6.92 Å². The fraction of sp³-hybridized carbons (Fsp3) is 0.333. The summed E-state index contributed by atoms with van der Waals surface area (Å²) in [5, 5.41) is 19.1. The summed E-state index contributed by atoms with van der Waals surface area (Å²) < 4.78 is 25.0. The minimum Gasteiger partial charge on any atom is -0.259 e. The quantitative estimate of drug-likeness (QED) is 0.586. The van der Waals surface area contributed by atoms with E-state index in [1.54, 1.807) is 6.07 Å². The summed E-state index contributed by atoms with van der Waals surface area (Å²) in [7, 11) is 0. The van der Waals surface area contributed by atoms with Gasteiger partial charge in [0.25, 0.3) is 12.1 Å². The second-order valence-corrected chi connectivity index (χ2v) is 3.03. The van der Waals surface area contributed by atoms with Crippen LogP contribution < -0.4 is 0 Å². The lowest BCUT2D eigenvalue weighted by atomic mass is 10.1. The van der Waals surface area contributed by atoms with Crippen molar-refractivity contribution < 1.29 is 13.7 Å². The number of hydrogen-bond acceptors (Lipinski definition) is 4.